The van der Waals surface area contributed by atoms with Crippen molar-refractivity contribution in [2.45, 2.75) is 6.92 Å². The predicted octanol–water partition coefficient (Wildman–Crippen LogP) is 2.97. The highest BCUT2D eigenvalue weighted by molar-refractivity contribution is 5.95. The number of phenols is 2. The summed E-state index contributed by atoms with van der Waals surface area (Å²) in [4.78, 5) is 11.1. The maximum Gasteiger partial charge on any atom is 0.159 e. The van der Waals surface area contributed by atoms with Crippen molar-refractivity contribution < 1.29 is 15.0 Å². The molecule has 0 unspecified atom stereocenters. The molecule has 3 heteroatoms. The van der Waals surface area contributed by atoms with Gasteiger partial charge in [0.2, 0.25) is 0 Å². The number of Topliss-reactive ketones (excluding diaryl/α,β-unsaturated/α-hetero) is 1. The number of rotatable bonds is 2. The van der Waals surface area contributed by atoms with Gasteiger partial charge in [0.1, 0.15) is 11.5 Å². The molecule has 2 N–H and O–H groups in total. The number of carbonyl (C=O) groups excluding carboxylic acids is 1. The van der Waals surface area contributed by atoms with Crippen molar-refractivity contribution in [2.75, 3.05) is 0 Å². The summed E-state index contributed by atoms with van der Waals surface area (Å²) in [6.45, 7) is 1.45. The third-order valence-electron chi connectivity index (χ3n) is 2.58. The van der Waals surface area contributed by atoms with Crippen molar-refractivity contribution in [3.05, 3.63) is 48.0 Å². The monoisotopic (exact) mass is 228 g/mol. The maximum atomic E-state index is 11.1. The largest absolute Gasteiger partial charge is 0.508 e. The Morgan fingerprint density at radius 3 is 2.18 bits per heavy atom. The zero-order valence-electron chi connectivity index (χ0n) is 9.34. The van der Waals surface area contributed by atoms with Crippen LogP contribution >= 0.6 is 0 Å². The van der Waals surface area contributed by atoms with Crippen LogP contribution in [-0.2, 0) is 0 Å². The normalized spacial score (nSPS) is 10.2. The van der Waals surface area contributed by atoms with E-state index in [1.807, 2.05) is 0 Å². The van der Waals surface area contributed by atoms with Gasteiger partial charge in [0.25, 0.3) is 0 Å². The van der Waals surface area contributed by atoms with Crippen molar-refractivity contribution in [3.63, 3.8) is 0 Å². The number of hydrogen-bond acceptors (Lipinski definition) is 3. The Morgan fingerprint density at radius 1 is 1.00 bits per heavy atom. The second-order valence-corrected chi connectivity index (χ2v) is 3.83. The van der Waals surface area contributed by atoms with Crippen molar-refractivity contribution in [1.82, 2.24) is 0 Å². The van der Waals surface area contributed by atoms with Crippen LogP contribution < -0.4 is 0 Å². The molecule has 86 valence electrons. The van der Waals surface area contributed by atoms with E-state index < -0.39 is 0 Å². The van der Waals surface area contributed by atoms with E-state index in [2.05, 4.69) is 0 Å². The minimum atomic E-state index is -0.0856. The summed E-state index contributed by atoms with van der Waals surface area (Å²) in [7, 11) is 0. The molecule has 0 fully saturated rings. The first-order valence-electron chi connectivity index (χ1n) is 5.21. The summed E-state index contributed by atoms with van der Waals surface area (Å²) >= 11 is 0. The molecular formula is C14H12O3. The minimum absolute atomic E-state index is 0.0587. The van der Waals surface area contributed by atoms with E-state index in [-0.39, 0.29) is 17.3 Å². The Hall–Kier alpha value is -2.29. The molecule has 0 saturated carbocycles. The highest BCUT2D eigenvalue weighted by Crippen LogP contribution is 2.30. The van der Waals surface area contributed by atoms with Crippen LogP contribution in [0.3, 0.4) is 0 Å². The van der Waals surface area contributed by atoms with Gasteiger partial charge in [-0.3, -0.25) is 4.79 Å². The van der Waals surface area contributed by atoms with Gasteiger partial charge in [-0.15, -0.1) is 0 Å². The number of ketones is 1. The lowest BCUT2D eigenvalue weighted by Gasteiger charge is -2.06. The van der Waals surface area contributed by atoms with Gasteiger partial charge in [0.05, 0.1) is 0 Å². The standard InChI is InChI=1S/C14H12O3/c1-9(15)11-4-7-13(14(17)8-11)10-2-5-12(16)6-3-10/h2-8,16-17H,1H3. The molecule has 0 aliphatic rings. The van der Waals surface area contributed by atoms with E-state index in [1.165, 1.54) is 13.0 Å². The summed E-state index contributed by atoms with van der Waals surface area (Å²) in [5.74, 6) is 0.148. The molecule has 0 bridgehead atoms. The predicted molar refractivity (Wildman–Crippen MR) is 65.2 cm³/mol. The Labute approximate surface area is 99.0 Å². The number of hydrogen-bond donors (Lipinski definition) is 2. The zero-order valence-corrected chi connectivity index (χ0v) is 9.34. The number of carbonyl (C=O) groups is 1. The fourth-order valence-corrected chi connectivity index (χ4v) is 1.64. The number of aromatic hydroxyl groups is 2. The third kappa shape index (κ3) is 2.28. The molecule has 2 aromatic rings. The summed E-state index contributed by atoms with van der Waals surface area (Å²) in [6.07, 6.45) is 0. The van der Waals surface area contributed by atoms with Crippen LogP contribution in [0.1, 0.15) is 17.3 Å². The fourth-order valence-electron chi connectivity index (χ4n) is 1.64. The molecule has 0 aliphatic heterocycles. The second-order valence-electron chi connectivity index (χ2n) is 3.83. The van der Waals surface area contributed by atoms with Crippen molar-refractivity contribution in [1.29, 1.82) is 0 Å². The second kappa shape index (κ2) is 4.29. The van der Waals surface area contributed by atoms with E-state index in [0.29, 0.717) is 11.1 Å². The van der Waals surface area contributed by atoms with Crippen LogP contribution in [0.15, 0.2) is 42.5 Å². The first-order valence-corrected chi connectivity index (χ1v) is 5.21. The highest BCUT2D eigenvalue weighted by atomic mass is 16.3. The molecule has 0 saturated heterocycles. The lowest BCUT2D eigenvalue weighted by Crippen LogP contribution is -1.91. The summed E-state index contributed by atoms with van der Waals surface area (Å²) in [5.41, 5.74) is 1.90. The van der Waals surface area contributed by atoms with Crippen molar-refractivity contribution in [2.24, 2.45) is 0 Å². The van der Waals surface area contributed by atoms with Crippen LogP contribution in [0, 0.1) is 0 Å². The maximum absolute atomic E-state index is 11.1. The van der Waals surface area contributed by atoms with Crippen LogP contribution in [0.5, 0.6) is 11.5 Å². The lowest BCUT2D eigenvalue weighted by atomic mass is 10.0. The van der Waals surface area contributed by atoms with Crippen LogP contribution in [0.4, 0.5) is 0 Å². The van der Waals surface area contributed by atoms with Gasteiger partial charge >= 0.3 is 0 Å². The van der Waals surface area contributed by atoms with E-state index in [4.69, 9.17) is 0 Å². The van der Waals surface area contributed by atoms with E-state index in [0.717, 1.165) is 5.56 Å². The lowest BCUT2D eigenvalue weighted by molar-refractivity contribution is 0.101. The Kier molecular flexibility index (Phi) is 2.83. The molecule has 0 heterocycles. The minimum Gasteiger partial charge on any atom is -0.508 e. The molecule has 3 nitrogen and oxygen atoms in total. The average Bonchev–Trinajstić information content (AvgIpc) is 2.30. The smallest absolute Gasteiger partial charge is 0.159 e. The molecule has 0 atom stereocenters. The molecular weight excluding hydrogens is 216 g/mol. The molecule has 0 aromatic heterocycles. The molecule has 0 aliphatic carbocycles. The highest BCUT2D eigenvalue weighted by Gasteiger charge is 2.07. The molecule has 2 aromatic carbocycles. The summed E-state index contributed by atoms with van der Waals surface area (Å²) < 4.78 is 0. The van der Waals surface area contributed by atoms with Crippen molar-refractivity contribution in [3.8, 4) is 22.6 Å². The van der Waals surface area contributed by atoms with Gasteiger partial charge in [0.15, 0.2) is 5.78 Å². The first kappa shape index (κ1) is 11.2. The van der Waals surface area contributed by atoms with Gasteiger partial charge in [-0.05, 0) is 36.8 Å². The van der Waals surface area contributed by atoms with Crippen LogP contribution in [-0.4, -0.2) is 16.0 Å². The number of phenolic OH excluding ortho intramolecular Hbond substituents is 2. The Balaban J connectivity index is 2.46. The van der Waals surface area contributed by atoms with Gasteiger partial charge in [-0.1, -0.05) is 18.2 Å². The molecule has 17 heavy (non-hydrogen) atoms. The van der Waals surface area contributed by atoms with E-state index in [1.54, 1.807) is 36.4 Å². The van der Waals surface area contributed by atoms with Gasteiger partial charge in [-0.25, -0.2) is 0 Å². The Morgan fingerprint density at radius 2 is 1.65 bits per heavy atom. The molecule has 2 rings (SSSR count). The molecule has 0 spiro atoms. The fraction of sp³-hybridized carbons (Fsp3) is 0.0714. The summed E-state index contributed by atoms with van der Waals surface area (Å²) in [6, 6.07) is 11.3. The van der Waals surface area contributed by atoms with Crippen molar-refractivity contribution >= 4 is 5.78 Å². The zero-order chi connectivity index (χ0) is 12.4. The van der Waals surface area contributed by atoms with Gasteiger partial charge in [-0.2, -0.15) is 0 Å². The SMILES string of the molecule is CC(=O)c1ccc(-c2ccc(O)cc2)c(O)c1. The Bertz CT molecular complexity index is 556. The third-order valence-corrected chi connectivity index (χ3v) is 2.58. The van der Waals surface area contributed by atoms with E-state index in [9.17, 15) is 15.0 Å². The topological polar surface area (TPSA) is 57.5 Å². The number of benzene rings is 2. The average molecular weight is 228 g/mol. The van der Waals surface area contributed by atoms with Gasteiger partial charge in [0, 0.05) is 11.1 Å². The molecule has 0 radical (unpaired) electrons. The van der Waals surface area contributed by atoms with Gasteiger partial charge < -0.3 is 10.2 Å². The van der Waals surface area contributed by atoms with Crippen LogP contribution in [0.25, 0.3) is 11.1 Å². The first-order chi connectivity index (χ1) is 8.08. The molecule has 0 amide bonds. The summed E-state index contributed by atoms with van der Waals surface area (Å²) in [5, 5.41) is 19.0. The van der Waals surface area contributed by atoms with E-state index >= 15 is 0 Å². The van der Waals surface area contributed by atoms with Crippen LogP contribution in [0.2, 0.25) is 0 Å². The quantitative estimate of drug-likeness (QED) is 0.777.